The number of esters is 1. The lowest BCUT2D eigenvalue weighted by Crippen LogP contribution is -2.02. The van der Waals surface area contributed by atoms with Crippen LogP contribution in [-0.2, 0) is 40.4 Å². The zero-order chi connectivity index (χ0) is 42.3. The van der Waals surface area contributed by atoms with E-state index in [0.29, 0.717) is 60.9 Å². The molecule has 6 aromatic carbocycles. The van der Waals surface area contributed by atoms with Crippen molar-refractivity contribution in [3.63, 3.8) is 0 Å². The molecule has 0 heterocycles. The lowest BCUT2D eigenvalue weighted by molar-refractivity contribution is -0.140. The summed E-state index contributed by atoms with van der Waals surface area (Å²) in [6, 6.07) is 36.1. The van der Waals surface area contributed by atoms with Gasteiger partial charge < -0.3 is 28.8 Å². The Hall–Kier alpha value is -6.68. The number of benzene rings is 6. The van der Waals surface area contributed by atoms with Gasteiger partial charge in [0.2, 0.25) is 0 Å². The number of methoxy groups -OCH3 is 3. The Morgan fingerprint density at radius 2 is 0.966 bits per heavy atom. The van der Waals surface area contributed by atoms with Gasteiger partial charge in [-0.3, -0.25) is 9.59 Å². The highest BCUT2D eigenvalue weighted by Crippen LogP contribution is 2.32. The molecule has 10 heteroatoms. The maximum absolute atomic E-state index is 14.3. The summed E-state index contributed by atoms with van der Waals surface area (Å²) in [7, 11) is 4.51. The molecule has 0 aromatic heterocycles. The molecule has 0 fully saturated rings. The van der Waals surface area contributed by atoms with E-state index in [9.17, 15) is 18.4 Å². The number of aryl methyl sites for hydroxylation is 4. The van der Waals surface area contributed by atoms with Crippen LogP contribution in [0.15, 0.2) is 121 Å². The third kappa shape index (κ3) is 12.7. The van der Waals surface area contributed by atoms with Gasteiger partial charge in [-0.25, -0.2) is 8.78 Å². The summed E-state index contributed by atoms with van der Waals surface area (Å²) in [4.78, 5) is 22.0. The van der Waals surface area contributed by atoms with Gasteiger partial charge in [-0.2, -0.15) is 0 Å². The molecule has 0 amide bonds. The topological polar surface area (TPSA) is 101 Å². The second kappa shape index (κ2) is 21.2. The number of ether oxygens (including phenoxy) is 5. The average Bonchev–Trinajstić information content (AvgIpc) is 3.24. The molecular formula is C49H48F2O8. The van der Waals surface area contributed by atoms with E-state index in [1.165, 1.54) is 19.2 Å². The van der Waals surface area contributed by atoms with Crippen LogP contribution in [-0.4, -0.2) is 38.4 Å². The molecule has 0 bridgehead atoms. The van der Waals surface area contributed by atoms with Crippen LogP contribution in [0.25, 0.3) is 22.3 Å². The Morgan fingerprint density at radius 3 is 1.37 bits per heavy atom. The molecule has 6 rings (SSSR count). The van der Waals surface area contributed by atoms with Crippen molar-refractivity contribution in [3.8, 4) is 45.3 Å². The van der Waals surface area contributed by atoms with E-state index in [2.05, 4.69) is 4.74 Å². The molecule has 59 heavy (non-hydrogen) atoms. The summed E-state index contributed by atoms with van der Waals surface area (Å²) in [6.45, 7) is 4.64. The molecule has 0 aliphatic carbocycles. The van der Waals surface area contributed by atoms with Crippen LogP contribution in [0.2, 0.25) is 0 Å². The van der Waals surface area contributed by atoms with Gasteiger partial charge in [0.15, 0.2) is 0 Å². The molecule has 0 saturated carbocycles. The largest absolute Gasteiger partial charge is 0.497 e. The summed E-state index contributed by atoms with van der Waals surface area (Å²) in [5.41, 5.74) is 8.41. The van der Waals surface area contributed by atoms with Crippen molar-refractivity contribution in [2.24, 2.45) is 0 Å². The predicted molar refractivity (Wildman–Crippen MR) is 224 cm³/mol. The molecule has 0 unspecified atom stereocenters. The number of carbonyl (C=O) groups is 2. The van der Waals surface area contributed by atoms with Gasteiger partial charge >= 0.3 is 11.9 Å². The van der Waals surface area contributed by atoms with Gasteiger partial charge in [-0.15, -0.1) is 0 Å². The smallest absolute Gasteiger partial charge is 0.305 e. The number of carbonyl (C=O) groups excluding carboxylic acids is 1. The van der Waals surface area contributed by atoms with E-state index in [1.807, 2.05) is 98.8 Å². The molecule has 0 aliphatic heterocycles. The number of hydrogen-bond acceptors (Lipinski definition) is 7. The van der Waals surface area contributed by atoms with E-state index in [-0.39, 0.29) is 24.0 Å². The quantitative estimate of drug-likeness (QED) is 0.0966. The zero-order valence-electron chi connectivity index (χ0n) is 33.9. The minimum atomic E-state index is -0.820. The lowest BCUT2D eigenvalue weighted by atomic mass is 9.98. The van der Waals surface area contributed by atoms with Crippen molar-refractivity contribution in [1.29, 1.82) is 0 Å². The van der Waals surface area contributed by atoms with E-state index < -0.39 is 5.97 Å². The Bertz CT molecular complexity index is 2370. The van der Waals surface area contributed by atoms with Gasteiger partial charge in [-0.1, -0.05) is 60.7 Å². The summed E-state index contributed by atoms with van der Waals surface area (Å²) in [5, 5.41) is 8.81. The second-order valence-corrected chi connectivity index (χ2v) is 13.8. The first-order valence-corrected chi connectivity index (χ1v) is 19.0. The Labute approximate surface area is 343 Å². The predicted octanol–water partition coefficient (Wildman–Crippen LogP) is 10.9. The SMILES string of the molecule is COC(=O)CCc1cccc(OCc2ccc(-c3cc(OC)ccc3F)c(C)c2)c1.COc1ccc(F)c(-c2ccc(COc3cccc(CCC(=O)O)c3)cc2C)c1. The van der Waals surface area contributed by atoms with Crippen molar-refractivity contribution < 1.29 is 47.2 Å². The zero-order valence-corrected chi connectivity index (χ0v) is 33.9. The van der Waals surface area contributed by atoms with Crippen molar-refractivity contribution in [2.75, 3.05) is 21.3 Å². The average molecular weight is 803 g/mol. The molecular weight excluding hydrogens is 755 g/mol. The van der Waals surface area contributed by atoms with Crippen LogP contribution in [0.3, 0.4) is 0 Å². The molecule has 0 aliphatic rings. The van der Waals surface area contributed by atoms with E-state index >= 15 is 0 Å². The highest BCUT2D eigenvalue weighted by molar-refractivity contribution is 5.71. The fourth-order valence-electron chi connectivity index (χ4n) is 6.43. The summed E-state index contributed by atoms with van der Waals surface area (Å²) in [5.74, 6) is 1.01. The van der Waals surface area contributed by atoms with Crippen LogP contribution in [0.4, 0.5) is 8.78 Å². The highest BCUT2D eigenvalue weighted by Gasteiger charge is 2.13. The molecule has 0 spiro atoms. The van der Waals surface area contributed by atoms with Crippen molar-refractivity contribution >= 4 is 11.9 Å². The van der Waals surface area contributed by atoms with Crippen molar-refractivity contribution in [3.05, 3.63) is 166 Å². The van der Waals surface area contributed by atoms with Gasteiger partial charge in [0.05, 0.1) is 21.3 Å². The van der Waals surface area contributed by atoms with Gasteiger partial charge in [-0.05, 0) is 132 Å². The van der Waals surface area contributed by atoms with Gasteiger partial charge in [0.25, 0.3) is 0 Å². The number of halogens is 2. The third-order valence-corrected chi connectivity index (χ3v) is 9.59. The summed E-state index contributed by atoms with van der Waals surface area (Å²) >= 11 is 0. The Kier molecular flexibility index (Phi) is 15.6. The first-order chi connectivity index (χ1) is 28.5. The highest BCUT2D eigenvalue weighted by atomic mass is 19.1. The fraction of sp³-hybridized carbons (Fsp3) is 0.224. The first-order valence-electron chi connectivity index (χ1n) is 19.0. The molecule has 0 saturated heterocycles. The van der Waals surface area contributed by atoms with E-state index in [0.717, 1.165) is 50.3 Å². The number of aliphatic carboxylic acids is 1. The van der Waals surface area contributed by atoms with Crippen LogP contribution < -0.4 is 18.9 Å². The number of rotatable bonds is 16. The lowest BCUT2D eigenvalue weighted by Gasteiger charge is -2.12. The van der Waals surface area contributed by atoms with Crippen molar-refractivity contribution in [2.45, 2.75) is 52.7 Å². The summed E-state index contributed by atoms with van der Waals surface area (Å²) in [6.07, 6.45) is 1.49. The van der Waals surface area contributed by atoms with Crippen molar-refractivity contribution in [1.82, 2.24) is 0 Å². The van der Waals surface area contributed by atoms with E-state index in [4.69, 9.17) is 24.1 Å². The molecule has 1 N–H and O–H groups in total. The van der Waals surface area contributed by atoms with Gasteiger partial charge in [0, 0.05) is 24.0 Å². The van der Waals surface area contributed by atoms with E-state index in [1.54, 1.807) is 38.5 Å². The number of carboxylic acids is 1. The normalized spacial score (nSPS) is 10.6. The van der Waals surface area contributed by atoms with Crippen LogP contribution >= 0.6 is 0 Å². The number of carboxylic acid groups (broad SMARTS) is 1. The molecule has 306 valence electrons. The third-order valence-electron chi connectivity index (χ3n) is 9.59. The molecule has 0 atom stereocenters. The maximum atomic E-state index is 14.3. The maximum Gasteiger partial charge on any atom is 0.305 e. The Morgan fingerprint density at radius 1 is 0.508 bits per heavy atom. The summed E-state index contributed by atoms with van der Waals surface area (Å²) < 4.78 is 55.5. The molecule has 6 aromatic rings. The standard InChI is InChI=1S/C25H25FO4.C24H23FO4/c1-17-13-19(7-10-22(17)23-15-20(28-2)9-11-24(23)26)16-30-21-6-4-5-18(14-21)8-12-25(27)29-3;1-16-12-18(6-9-21(16)22-14-19(28-2)8-10-23(22)25)15-29-20-5-3-4-17(13-20)7-11-24(26)27/h4-7,9-11,13-15H,8,12,16H2,1-3H3;3-6,8-10,12-14H,7,11,15H2,1-2H3,(H,26,27). The Balaban J connectivity index is 0.000000224. The first kappa shape index (κ1) is 43.4. The second-order valence-electron chi connectivity index (χ2n) is 13.8. The van der Waals surface area contributed by atoms with Crippen LogP contribution in [0.1, 0.15) is 46.2 Å². The minimum absolute atomic E-state index is 0.0882. The molecule has 0 radical (unpaired) electrons. The number of hydrogen-bond donors (Lipinski definition) is 1. The van der Waals surface area contributed by atoms with Crippen LogP contribution in [0, 0.1) is 25.5 Å². The molecule has 8 nitrogen and oxygen atoms in total. The fourth-order valence-corrected chi connectivity index (χ4v) is 6.43. The van der Waals surface area contributed by atoms with Gasteiger partial charge in [0.1, 0.15) is 47.8 Å². The van der Waals surface area contributed by atoms with Crippen LogP contribution in [0.5, 0.6) is 23.0 Å². The monoisotopic (exact) mass is 802 g/mol. The minimum Gasteiger partial charge on any atom is -0.497 e.